The van der Waals surface area contributed by atoms with Gasteiger partial charge in [0, 0.05) is 6.20 Å². The van der Waals surface area contributed by atoms with E-state index in [0.29, 0.717) is 0 Å². The van der Waals surface area contributed by atoms with E-state index >= 15 is 0 Å². The fourth-order valence-electron chi connectivity index (χ4n) is 2.28. The molecule has 0 bridgehead atoms. The lowest BCUT2D eigenvalue weighted by Gasteiger charge is -2.31. The standard InChI is InChI=1S/C12H21N3O13P2/c13-8-1-2-15(12(20)14-8)11-10(19)9(18)7(27-11)5-26-30(23,24)28-29(21,22)25-4-6(17)3-16/h1-2,6-7,9-11,16-19H,3-5H2,(H,21,22)(H,23,24)(H2,13,14,20)/p-2/t6-,7-,9-,10-,11-/m1/s1. The van der Waals surface area contributed by atoms with Gasteiger partial charge >= 0.3 is 5.69 Å². The smallest absolute Gasteiger partial charge is 0.351 e. The highest BCUT2D eigenvalue weighted by Crippen LogP contribution is 2.55. The molecule has 18 heteroatoms. The van der Waals surface area contributed by atoms with Gasteiger partial charge in [0.05, 0.1) is 19.8 Å². The molecule has 1 aromatic heterocycles. The number of phosphoric ester groups is 2. The maximum atomic E-state index is 11.8. The van der Waals surface area contributed by atoms with Gasteiger partial charge in [-0.3, -0.25) is 13.7 Å². The van der Waals surface area contributed by atoms with Crippen molar-refractivity contribution in [3.63, 3.8) is 0 Å². The molecule has 1 aromatic rings. The van der Waals surface area contributed by atoms with Crippen LogP contribution in [0, 0.1) is 0 Å². The van der Waals surface area contributed by atoms with Crippen LogP contribution in [-0.2, 0) is 27.2 Å². The Bertz CT molecular complexity index is 881. The number of nitrogen functional groups attached to an aromatic ring is 1. The molecule has 1 fully saturated rings. The fraction of sp³-hybridized carbons (Fsp3) is 0.667. The van der Waals surface area contributed by atoms with Gasteiger partial charge in [-0.25, -0.2) is 9.11 Å². The summed E-state index contributed by atoms with van der Waals surface area (Å²) in [5.41, 5.74) is 4.43. The van der Waals surface area contributed by atoms with Crippen LogP contribution in [0.2, 0.25) is 0 Å². The van der Waals surface area contributed by atoms with E-state index < -0.39 is 71.8 Å². The van der Waals surface area contributed by atoms with E-state index in [0.717, 1.165) is 10.8 Å². The second kappa shape index (κ2) is 9.91. The Morgan fingerprint density at radius 2 is 1.90 bits per heavy atom. The molecular formula is C12H19N3O13P2-2. The van der Waals surface area contributed by atoms with Gasteiger partial charge in [0.15, 0.2) is 6.23 Å². The molecule has 0 spiro atoms. The second-order valence-corrected chi connectivity index (χ2v) is 8.95. The van der Waals surface area contributed by atoms with Gasteiger partial charge in [0.25, 0.3) is 15.6 Å². The molecule has 1 aliphatic rings. The summed E-state index contributed by atoms with van der Waals surface area (Å²) in [4.78, 5) is 38.4. The van der Waals surface area contributed by atoms with E-state index in [4.69, 9.17) is 20.7 Å². The van der Waals surface area contributed by atoms with E-state index in [1.165, 1.54) is 6.07 Å². The number of ether oxygens (including phenoxy) is 1. The molecule has 6 N–H and O–H groups in total. The van der Waals surface area contributed by atoms with Crippen LogP contribution in [0.25, 0.3) is 0 Å². The van der Waals surface area contributed by atoms with Crippen molar-refractivity contribution in [2.24, 2.45) is 0 Å². The molecule has 30 heavy (non-hydrogen) atoms. The summed E-state index contributed by atoms with van der Waals surface area (Å²) in [7, 11) is -11.0. The zero-order valence-electron chi connectivity index (χ0n) is 15.0. The number of aromatic nitrogens is 2. The van der Waals surface area contributed by atoms with Crippen LogP contribution in [-0.4, -0.2) is 74.2 Å². The maximum absolute atomic E-state index is 11.8. The minimum absolute atomic E-state index is 0.107. The van der Waals surface area contributed by atoms with E-state index in [-0.39, 0.29) is 5.82 Å². The number of rotatable bonds is 10. The number of aliphatic hydroxyl groups is 4. The van der Waals surface area contributed by atoms with Gasteiger partial charge < -0.3 is 49.7 Å². The Kier molecular flexibility index (Phi) is 8.26. The highest BCUT2D eigenvalue weighted by atomic mass is 31.3. The third kappa shape index (κ3) is 6.62. The molecule has 2 rings (SSSR count). The summed E-state index contributed by atoms with van der Waals surface area (Å²) in [6.45, 7) is -2.82. The number of nitrogens with zero attached hydrogens (tertiary/aromatic N) is 2. The largest absolute Gasteiger partial charge is 0.756 e. The molecule has 0 amide bonds. The van der Waals surface area contributed by atoms with Crippen molar-refractivity contribution in [1.82, 2.24) is 9.55 Å². The first-order valence-corrected chi connectivity index (χ1v) is 11.0. The Labute approximate surface area is 168 Å². The molecule has 0 aliphatic carbocycles. The SMILES string of the molecule is Nc1ccn([C@@H]2O[C@H](COP(=O)([O-])OP(=O)([O-])OC[C@H](O)CO)[C@@H](O)[C@H]2O)c(=O)n1. The normalized spacial score (nSPS) is 29.3. The number of hydrogen-bond donors (Lipinski definition) is 5. The Hall–Kier alpha value is -1.26. The summed E-state index contributed by atoms with van der Waals surface area (Å²) in [6, 6.07) is 1.22. The van der Waals surface area contributed by atoms with Gasteiger partial charge in [0.1, 0.15) is 30.2 Å². The molecule has 1 aliphatic heterocycles. The predicted molar refractivity (Wildman–Crippen MR) is 90.1 cm³/mol. The lowest BCUT2D eigenvalue weighted by Crippen LogP contribution is -2.36. The van der Waals surface area contributed by atoms with Crippen molar-refractivity contribution in [2.45, 2.75) is 30.6 Å². The summed E-state index contributed by atoms with van der Waals surface area (Å²) in [6.07, 6.45) is -6.87. The first-order valence-electron chi connectivity index (χ1n) is 8.13. The van der Waals surface area contributed by atoms with E-state index in [1.54, 1.807) is 0 Å². The topological polar surface area (TPSA) is 259 Å². The van der Waals surface area contributed by atoms with Gasteiger partial charge in [-0.2, -0.15) is 4.98 Å². The summed E-state index contributed by atoms with van der Waals surface area (Å²) < 4.78 is 41.3. The Morgan fingerprint density at radius 1 is 1.27 bits per heavy atom. The van der Waals surface area contributed by atoms with Crippen LogP contribution < -0.4 is 21.2 Å². The lowest BCUT2D eigenvalue weighted by atomic mass is 10.1. The van der Waals surface area contributed by atoms with Crippen LogP contribution in [0.15, 0.2) is 17.1 Å². The van der Waals surface area contributed by atoms with Crippen LogP contribution in [0.1, 0.15) is 6.23 Å². The van der Waals surface area contributed by atoms with Gasteiger partial charge in [-0.05, 0) is 6.07 Å². The lowest BCUT2D eigenvalue weighted by molar-refractivity contribution is -0.246. The van der Waals surface area contributed by atoms with Crippen molar-refractivity contribution in [2.75, 3.05) is 25.6 Å². The van der Waals surface area contributed by atoms with Crippen molar-refractivity contribution in [3.05, 3.63) is 22.7 Å². The monoisotopic (exact) mass is 475 g/mol. The number of hydrogen-bond acceptors (Lipinski definition) is 15. The third-order valence-electron chi connectivity index (χ3n) is 3.70. The summed E-state index contributed by atoms with van der Waals surface area (Å²) in [5.74, 6) is -0.107. The van der Waals surface area contributed by atoms with Crippen molar-refractivity contribution in [3.8, 4) is 0 Å². The van der Waals surface area contributed by atoms with Gasteiger partial charge in [-0.15, -0.1) is 0 Å². The van der Waals surface area contributed by atoms with Crippen LogP contribution in [0.4, 0.5) is 5.82 Å². The fourth-order valence-corrected chi connectivity index (χ4v) is 4.32. The van der Waals surface area contributed by atoms with Gasteiger partial charge in [0.2, 0.25) is 0 Å². The van der Waals surface area contributed by atoms with E-state index in [9.17, 15) is 33.9 Å². The first kappa shape index (κ1) is 25.0. The van der Waals surface area contributed by atoms with Crippen LogP contribution in [0.5, 0.6) is 0 Å². The summed E-state index contributed by atoms with van der Waals surface area (Å²) >= 11 is 0. The highest BCUT2D eigenvalue weighted by Gasteiger charge is 2.44. The molecule has 1 saturated heterocycles. The Morgan fingerprint density at radius 3 is 2.50 bits per heavy atom. The molecule has 0 saturated carbocycles. The number of phosphoric acid groups is 2. The van der Waals surface area contributed by atoms with Crippen LogP contribution in [0.3, 0.4) is 0 Å². The van der Waals surface area contributed by atoms with E-state index in [2.05, 4.69) is 18.3 Å². The average Bonchev–Trinajstić information content (AvgIpc) is 2.92. The average molecular weight is 475 g/mol. The molecular weight excluding hydrogens is 456 g/mol. The Balaban J connectivity index is 1.98. The molecule has 0 radical (unpaired) electrons. The van der Waals surface area contributed by atoms with Crippen LogP contribution >= 0.6 is 15.6 Å². The molecule has 0 aromatic carbocycles. The zero-order chi connectivity index (χ0) is 22.7. The first-order chi connectivity index (χ1) is 13.8. The minimum atomic E-state index is -5.55. The quantitative estimate of drug-likeness (QED) is 0.201. The highest BCUT2D eigenvalue weighted by molar-refractivity contribution is 7.59. The van der Waals surface area contributed by atoms with Gasteiger partial charge in [-0.1, -0.05) is 0 Å². The minimum Gasteiger partial charge on any atom is -0.756 e. The summed E-state index contributed by atoms with van der Waals surface area (Å²) in [5, 5.41) is 37.6. The van der Waals surface area contributed by atoms with Crippen molar-refractivity contribution in [1.29, 1.82) is 0 Å². The zero-order valence-corrected chi connectivity index (χ0v) is 16.8. The second-order valence-electron chi connectivity index (χ2n) is 5.99. The number of aliphatic hydroxyl groups excluding tert-OH is 4. The molecule has 2 unspecified atom stereocenters. The molecule has 172 valence electrons. The predicted octanol–water partition coefficient (Wildman–Crippen LogP) is -4.22. The number of nitrogens with two attached hydrogens (primary N) is 1. The molecule has 2 heterocycles. The van der Waals surface area contributed by atoms with Crippen molar-refractivity contribution < 1.29 is 57.4 Å². The third-order valence-corrected chi connectivity index (χ3v) is 6.23. The number of anilines is 1. The van der Waals surface area contributed by atoms with E-state index in [1.807, 2.05) is 0 Å². The molecule has 16 nitrogen and oxygen atoms in total. The maximum Gasteiger partial charge on any atom is 0.351 e. The molecule has 7 atom stereocenters. The van der Waals surface area contributed by atoms with Crippen molar-refractivity contribution >= 4 is 21.5 Å².